The maximum Gasteiger partial charge on any atom is 0.494 e. The molecule has 17 nitrogen and oxygen atoms in total. The number of nitrogen functional groups attached to an aromatic ring is 3. The van der Waals surface area contributed by atoms with E-state index in [2.05, 4.69) is 287 Å². The molecule has 1 saturated heterocycles. The molecule has 598 valence electrons. The zero-order valence-electron chi connectivity index (χ0n) is 66.3. The predicted octanol–water partition coefficient (Wildman–Crippen LogP) is 25.0. The van der Waals surface area contributed by atoms with E-state index >= 15 is 0 Å². The fraction of sp³-hybridized carbons (Fsp3) is 0.147. The molecule has 0 saturated carbocycles. The molecule has 1 aliphatic heterocycles. The number of nitro groups is 2. The molecule has 0 radical (unpaired) electrons. The summed E-state index contributed by atoms with van der Waals surface area (Å²) >= 11 is 16.4. The van der Waals surface area contributed by atoms with E-state index in [9.17, 15) is 20.2 Å². The highest BCUT2D eigenvalue weighted by molar-refractivity contribution is 9.11. The Hall–Kier alpha value is -11.1. The quantitative estimate of drug-likeness (QED) is 0.0399. The number of nitro benzene ring substituents is 2. The van der Waals surface area contributed by atoms with E-state index in [-0.39, 0.29) is 34.6 Å². The van der Waals surface area contributed by atoms with Crippen LogP contribution in [0.25, 0.3) is 61.3 Å². The Balaban J connectivity index is 0.000000139. The number of aromatic nitrogens is 6. The lowest BCUT2D eigenvalue weighted by Gasteiger charge is -2.32. The van der Waals surface area contributed by atoms with Crippen molar-refractivity contribution in [2.24, 2.45) is 0 Å². The van der Waals surface area contributed by atoms with Crippen molar-refractivity contribution in [1.29, 1.82) is 0 Å². The summed E-state index contributed by atoms with van der Waals surface area (Å²) in [7, 11) is -0.364. The van der Waals surface area contributed by atoms with Crippen LogP contribution in [0.2, 0.25) is 0 Å². The van der Waals surface area contributed by atoms with Crippen LogP contribution in [0.15, 0.2) is 338 Å². The van der Waals surface area contributed by atoms with Crippen LogP contribution in [0.3, 0.4) is 0 Å². The van der Waals surface area contributed by atoms with Gasteiger partial charge in [0.1, 0.15) is 17.5 Å². The van der Waals surface area contributed by atoms with Crippen molar-refractivity contribution >= 4 is 154 Å². The Bertz CT molecular complexity index is 6030. The number of rotatable bonds is 14. The highest BCUT2D eigenvalue weighted by Gasteiger charge is 2.52. The molecule has 0 bridgehead atoms. The first-order valence-electron chi connectivity index (χ1n) is 38.3. The number of hydrogen-bond acceptors (Lipinski definition) is 12. The van der Waals surface area contributed by atoms with Gasteiger partial charge in [0, 0.05) is 101 Å². The van der Waals surface area contributed by atoms with E-state index < -0.39 is 4.92 Å². The lowest BCUT2D eigenvalue weighted by molar-refractivity contribution is -0.385. The van der Waals surface area contributed by atoms with E-state index in [0.29, 0.717) is 15.4 Å². The molecule has 13 aromatic carbocycles. The number of fused-ring (bicyclic) bond motifs is 3. The number of nitrogens with zero attached hydrogens (tertiary/aromatic N) is 8. The van der Waals surface area contributed by atoms with Gasteiger partial charge >= 0.3 is 7.12 Å². The summed E-state index contributed by atoms with van der Waals surface area (Å²) in [4.78, 5) is 34.9. The molecule has 1 fully saturated rings. The minimum absolute atomic E-state index is 0.0689. The smallest absolute Gasteiger partial charge is 0.399 e. The molecule has 17 rings (SSSR count). The topological polar surface area (TPSA) is 236 Å². The molecule has 3 aromatic heterocycles. The van der Waals surface area contributed by atoms with Crippen LogP contribution in [0.1, 0.15) is 88.2 Å². The average molecular weight is 1890 g/mol. The normalized spacial score (nSPS) is 12.2. The highest BCUT2D eigenvalue weighted by Crippen LogP contribution is 2.38. The number of imidazole rings is 3. The molecule has 6 N–H and O–H groups in total. The van der Waals surface area contributed by atoms with Gasteiger partial charge in [-0.15, -0.1) is 0 Å². The minimum atomic E-state index is -0.436. The lowest BCUT2D eigenvalue weighted by atomic mass is 9.79. The summed E-state index contributed by atoms with van der Waals surface area (Å²) < 4.78 is 23.1. The van der Waals surface area contributed by atoms with E-state index in [1.54, 1.807) is 18.2 Å². The van der Waals surface area contributed by atoms with Gasteiger partial charge in [-0.25, -0.2) is 15.0 Å². The SMILES string of the molecule is CCc1nc2cc(-c3ccccc3N)ccc2n1-c1ccccc1.CCc1nc2cc(B3OC(C)(C)C(C)(C)O3)ccc2n1-c1ccccc1.CCc1nc2cc(Br)ccc2n1-c1ccccc1.Nc1cc(Br)ccc1Cc1ccccc1.Nc1ccccc1.O=[N+]([O-])c1cc(Br)ccc1Br.O=[N+]([O-])c1cc(Br)ccc1Cc1ccccc1. The molecule has 118 heavy (non-hydrogen) atoms. The van der Waals surface area contributed by atoms with Crippen LogP contribution in [-0.4, -0.2) is 56.8 Å². The van der Waals surface area contributed by atoms with Gasteiger partial charge in [-0.05, 0) is 205 Å². The maximum atomic E-state index is 10.9. The molecular weight excluding hydrogens is 1800 g/mol. The number of hydrogen-bond donors (Lipinski definition) is 3. The Labute approximate surface area is 730 Å². The molecule has 0 spiro atoms. The number of benzene rings is 13. The molecular formula is C95H89BBr5N11O6. The standard InChI is InChI=1S/C21H25BN2O2.C21H19N3.C15H13BrN2.C13H10BrNO2.C13H12BrN.C6H3Br2NO2.C6H7N/c1-6-19-23-17-14-15(22-25-20(2,3)21(4,5)26-22)12-13-18(17)24(19)16-10-8-7-9-11-16;1-2-21-23-19-14-15(17-10-6-7-11-18(17)22)12-13-20(19)24(21)16-8-4-3-5-9-16;1-2-15-17-13-10-11(16)8-9-14(13)18(15)12-6-4-3-5-7-12;14-12-7-6-11(13(9-12)15(16)17)8-10-4-2-1-3-5-10;14-12-7-6-11(13(15)9-12)8-10-4-2-1-3-5-10;7-4-1-2-5(8)6(3-4)9(10)11;7-6-4-2-1-3-5-6/h7-14H,6H2,1-5H3;3-14H,2,22H2,1H3;3-10H,2H2,1H3;1-7,9H,8H2;1-7,9H,8,15H2;1-3H;1-5H,7H2. The van der Waals surface area contributed by atoms with Crippen molar-refractivity contribution in [3.8, 4) is 28.2 Å². The zero-order chi connectivity index (χ0) is 84.0. The van der Waals surface area contributed by atoms with Crippen molar-refractivity contribution in [2.75, 3.05) is 17.2 Å². The zero-order valence-corrected chi connectivity index (χ0v) is 74.2. The number of para-hydroxylation sites is 5. The highest BCUT2D eigenvalue weighted by atomic mass is 79.9. The van der Waals surface area contributed by atoms with Crippen LogP contribution >= 0.6 is 79.6 Å². The second kappa shape index (κ2) is 41.3. The van der Waals surface area contributed by atoms with Crippen LogP contribution in [-0.2, 0) is 41.4 Å². The maximum absolute atomic E-state index is 10.9. The predicted molar refractivity (Wildman–Crippen MR) is 502 cm³/mol. The van der Waals surface area contributed by atoms with Crippen molar-refractivity contribution in [2.45, 2.75) is 91.8 Å². The Morgan fingerprint density at radius 2 is 0.746 bits per heavy atom. The van der Waals surface area contributed by atoms with Crippen molar-refractivity contribution in [3.63, 3.8) is 0 Å². The second-order valence-corrected chi connectivity index (χ2v) is 32.9. The van der Waals surface area contributed by atoms with Gasteiger partial charge in [-0.1, -0.05) is 260 Å². The first-order chi connectivity index (χ1) is 56.8. The lowest BCUT2D eigenvalue weighted by Crippen LogP contribution is -2.41. The first kappa shape index (κ1) is 87.7. The number of aryl methyl sites for hydroxylation is 3. The van der Waals surface area contributed by atoms with Crippen molar-refractivity contribution < 1.29 is 19.2 Å². The van der Waals surface area contributed by atoms with Gasteiger partial charge in [0.05, 0.1) is 58.6 Å². The van der Waals surface area contributed by atoms with Gasteiger partial charge in [0.25, 0.3) is 11.4 Å². The summed E-state index contributed by atoms with van der Waals surface area (Å²) in [5.41, 5.74) is 36.6. The first-order valence-corrected chi connectivity index (χ1v) is 42.3. The second-order valence-electron chi connectivity index (χ2n) is 28.4. The molecule has 0 unspecified atom stereocenters. The van der Waals surface area contributed by atoms with Gasteiger partial charge in [0.2, 0.25) is 0 Å². The minimum Gasteiger partial charge on any atom is -0.399 e. The van der Waals surface area contributed by atoms with E-state index in [0.717, 1.165) is 146 Å². The summed E-state index contributed by atoms with van der Waals surface area (Å²) in [6, 6.07) is 103. The molecule has 0 atom stereocenters. The average Bonchev–Trinajstić information content (AvgIpc) is 1.61. The van der Waals surface area contributed by atoms with Gasteiger partial charge in [-0.2, -0.15) is 0 Å². The van der Waals surface area contributed by atoms with Crippen molar-refractivity contribution in [3.05, 3.63) is 398 Å². The van der Waals surface area contributed by atoms with E-state index in [4.69, 9.17) is 41.5 Å². The number of anilines is 3. The van der Waals surface area contributed by atoms with Gasteiger partial charge in [-0.3, -0.25) is 33.9 Å². The summed E-state index contributed by atoms with van der Waals surface area (Å²) in [5, 5.41) is 21.3. The molecule has 23 heteroatoms. The van der Waals surface area contributed by atoms with Crippen LogP contribution in [0.4, 0.5) is 28.4 Å². The fourth-order valence-corrected chi connectivity index (χ4v) is 14.9. The third-order valence-electron chi connectivity index (χ3n) is 19.7. The number of nitrogens with two attached hydrogens (primary N) is 3. The molecule has 16 aromatic rings. The molecule has 4 heterocycles. The summed E-state index contributed by atoms with van der Waals surface area (Å²) in [6.45, 7) is 14.7. The Kier molecular flexibility index (Phi) is 30.7. The molecule has 1 aliphatic rings. The molecule has 0 amide bonds. The fourth-order valence-electron chi connectivity index (χ4n) is 13.0. The monoisotopic (exact) mass is 1890 g/mol. The Morgan fingerprint density at radius 3 is 1.18 bits per heavy atom. The Morgan fingerprint density at radius 1 is 0.381 bits per heavy atom. The summed E-state index contributed by atoms with van der Waals surface area (Å²) in [6.07, 6.45) is 4.13. The van der Waals surface area contributed by atoms with Gasteiger partial charge in [0.15, 0.2) is 0 Å². The summed E-state index contributed by atoms with van der Waals surface area (Å²) in [5.74, 6) is 3.21. The third-order valence-corrected chi connectivity index (χ3v) is 22.3. The molecule has 0 aliphatic carbocycles. The van der Waals surface area contributed by atoms with Crippen molar-refractivity contribution in [1.82, 2.24) is 28.7 Å². The largest absolute Gasteiger partial charge is 0.494 e. The van der Waals surface area contributed by atoms with E-state index in [1.807, 2.05) is 140 Å². The van der Waals surface area contributed by atoms with Crippen LogP contribution in [0.5, 0.6) is 0 Å². The van der Waals surface area contributed by atoms with E-state index in [1.165, 1.54) is 28.9 Å². The van der Waals surface area contributed by atoms with Crippen LogP contribution in [0, 0.1) is 20.2 Å². The van der Waals surface area contributed by atoms with Gasteiger partial charge < -0.3 is 26.5 Å². The third kappa shape index (κ3) is 22.8. The van der Waals surface area contributed by atoms with Crippen LogP contribution < -0.4 is 22.7 Å². The number of halogens is 5.